The summed E-state index contributed by atoms with van der Waals surface area (Å²) < 4.78 is 5.45. The molecular weight excluding hydrogens is 252 g/mol. The smallest absolute Gasteiger partial charge is 0.240 e. The van der Waals surface area contributed by atoms with Crippen molar-refractivity contribution in [3.63, 3.8) is 0 Å². The molecule has 0 saturated carbocycles. The summed E-state index contributed by atoms with van der Waals surface area (Å²) in [4.78, 5) is 7.07. The Balaban J connectivity index is 1.74. The molecule has 5 nitrogen and oxygen atoms in total. The van der Waals surface area contributed by atoms with E-state index >= 15 is 0 Å². The predicted octanol–water partition coefficient (Wildman–Crippen LogP) is 1.80. The molecule has 2 atom stereocenters. The Morgan fingerprint density at radius 3 is 2.70 bits per heavy atom. The number of hydrogen-bond donors (Lipinski definition) is 1. The summed E-state index contributed by atoms with van der Waals surface area (Å²) in [6, 6.07) is 0. The van der Waals surface area contributed by atoms with E-state index < -0.39 is 0 Å². The number of aromatic nitrogens is 2. The fraction of sp³-hybridized carbons (Fsp3) is 0.867. The van der Waals surface area contributed by atoms with Crippen LogP contribution in [0.15, 0.2) is 4.52 Å². The Kier molecular flexibility index (Phi) is 3.18. The largest absolute Gasteiger partial charge is 0.338 e. The monoisotopic (exact) mass is 278 g/mol. The normalized spacial score (nSPS) is 29.9. The molecule has 0 aromatic carbocycles. The van der Waals surface area contributed by atoms with E-state index in [1.165, 1.54) is 0 Å². The predicted molar refractivity (Wildman–Crippen MR) is 77.3 cm³/mol. The van der Waals surface area contributed by atoms with Gasteiger partial charge in [0.15, 0.2) is 5.82 Å². The minimum atomic E-state index is -0.0529. The molecule has 0 bridgehead atoms. The third-order valence-corrected chi connectivity index (χ3v) is 4.98. The second-order valence-electron chi connectivity index (χ2n) is 7.82. The second kappa shape index (κ2) is 4.53. The maximum atomic E-state index is 5.45. The molecule has 1 N–H and O–H groups in total. The average molecular weight is 278 g/mol. The number of nitrogens with zero attached hydrogens (tertiary/aromatic N) is 3. The second-order valence-corrected chi connectivity index (χ2v) is 7.82. The summed E-state index contributed by atoms with van der Waals surface area (Å²) in [5, 5.41) is 7.63. The van der Waals surface area contributed by atoms with Crippen molar-refractivity contribution in [2.24, 2.45) is 11.8 Å². The molecule has 112 valence electrons. The van der Waals surface area contributed by atoms with Crippen LogP contribution in [0.5, 0.6) is 0 Å². The van der Waals surface area contributed by atoms with Crippen molar-refractivity contribution in [1.29, 1.82) is 0 Å². The fourth-order valence-corrected chi connectivity index (χ4v) is 3.56. The van der Waals surface area contributed by atoms with Crippen molar-refractivity contribution in [3.8, 4) is 0 Å². The highest BCUT2D eigenvalue weighted by Crippen LogP contribution is 2.41. The third-order valence-electron chi connectivity index (χ3n) is 4.98. The molecule has 20 heavy (non-hydrogen) atoms. The lowest BCUT2D eigenvalue weighted by Gasteiger charge is -2.34. The van der Waals surface area contributed by atoms with Gasteiger partial charge in [0.1, 0.15) is 0 Å². The zero-order valence-corrected chi connectivity index (χ0v) is 13.2. The molecule has 0 radical (unpaired) electrons. The van der Waals surface area contributed by atoms with Gasteiger partial charge in [0.2, 0.25) is 5.89 Å². The molecule has 3 heterocycles. The van der Waals surface area contributed by atoms with Crippen LogP contribution in [0, 0.1) is 11.8 Å². The molecule has 2 aliphatic rings. The number of fused-ring (bicyclic) bond motifs is 1. The van der Waals surface area contributed by atoms with Crippen LogP contribution in [0.1, 0.15) is 46.3 Å². The maximum absolute atomic E-state index is 5.45. The highest BCUT2D eigenvalue weighted by atomic mass is 16.5. The highest BCUT2D eigenvalue weighted by Gasteiger charge is 2.49. The first-order valence-corrected chi connectivity index (χ1v) is 7.57. The quantitative estimate of drug-likeness (QED) is 0.894. The molecule has 3 rings (SSSR count). The van der Waals surface area contributed by atoms with E-state index in [0.29, 0.717) is 0 Å². The maximum Gasteiger partial charge on any atom is 0.240 e. The molecule has 1 aromatic rings. The van der Waals surface area contributed by atoms with Crippen LogP contribution in [0.4, 0.5) is 0 Å². The van der Waals surface area contributed by atoms with E-state index in [2.05, 4.69) is 55.0 Å². The van der Waals surface area contributed by atoms with Gasteiger partial charge in [0, 0.05) is 24.0 Å². The summed E-state index contributed by atoms with van der Waals surface area (Å²) in [5.41, 5.74) is 0.146. The van der Waals surface area contributed by atoms with Crippen LogP contribution < -0.4 is 5.32 Å². The molecule has 2 fully saturated rings. The lowest BCUT2D eigenvalue weighted by atomic mass is 9.85. The summed E-state index contributed by atoms with van der Waals surface area (Å²) in [6.45, 7) is 15.2. The lowest BCUT2D eigenvalue weighted by Crippen LogP contribution is -2.44. The van der Waals surface area contributed by atoms with Crippen molar-refractivity contribution in [3.05, 3.63) is 11.7 Å². The van der Waals surface area contributed by atoms with E-state index in [9.17, 15) is 0 Å². The van der Waals surface area contributed by atoms with Gasteiger partial charge in [0.05, 0.1) is 6.54 Å². The van der Waals surface area contributed by atoms with Gasteiger partial charge in [-0.05, 0) is 32.2 Å². The van der Waals surface area contributed by atoms with Crippen molar-refractivity contribution < 1.29 is 4.52 Å². The molecule has 2 unspecified atom stereocenters. The number of hydrogen-bond acceptors (Lipinski definition) is 5. The summed E-state index contributed by atoms with van der Waals surface area (Å²) in [5.74, 6) is 3.03. The topological polar surface area (TPSA) is 54.2 Å². The lowest BCUT2D eigenvalue weighted by molar-refractivity contribution is 0.117. The molecule has 2 aliphatic heterocycles. The van der Waals surface area contributed by atoms with Gasteiger partial charge in [-0.3, -0.25) is 4.90 Å². The molecular formula is C15H26N4O. The van der Waals surface area contributed by atoms with Gasteiger partial charge >= 0.3 is 0 Å². The van der Waals surface area contributed by atoms with Crippen LogP contribution in [0.2, 0.25) is 0 Å². The summed E-state index contributed by atoms with van der Waals surface area (Å²) in [6.07, 6.45) is 0. The first-order chi connectivity index (χ1) is 9.28. The molecule has 0 aliphatic carbocycles. The standard InChI is InChI=1S/C15H26N4O/c1-14(2,3)13-17-12(20-18-13)9-19-8-10-6-16-7-11(10)15(19,4)5/h10-11,16H,6-9H2,1-5H3. The van der Waals surface area contributed by atoms with Crippen molar-refractivity contribution in [1.82, 2.24) is 20.4 Å². The Morgan fingerprint density at radius 1 is 1.35 bits per heavy atom. The number of rotatable bonds is 2. The van der Waals surface area contributed by atoms with Crippen molar-refractivity contribution in [2.75, 3.05) is 19.6 Å². The van der Waals surface area contributed by atoms with Crippen LogP contribution in [-0.2, 0) is 12.0 Å². The van der Waals surface area contributed by atoms with Crippen LogP contribution in [0.3, 0.4) is 0 Å². The first kappa shape index (κ1) is 14.0. The van der Waals surface area contributed by atoms with Gasteiger partial charge in [-0.2, -0.15) is 4.98 Å². The minimum absolute atomic E-state index is 0.0529. The van der Waals surface area contributed by atoms with E-state index in [0.717, 1.165) is 49.7 Å². The zero-order chi connectivity index (χ0) is 14.5. The van der Waals surface area contributed by atoms with E-state index in [4.69, 9.17) is 4.52 Å². The fourth-order valence-electron chi connectivity index (χ4n) is 3.56. The van der Waals surface area contributed by atoms with E-state index in [1.807, 2.05) is 0 Å². The Bertz CT molecular complexity index is 488. The Hall–Kier alpha value is -0.940. The zero-order valence-electron chi connectivity index (χ0n) is 13.2. The molecule has 0 amide bonds. The SMILES string of the molecule is CC(C)(C)c1noc(CN2CC3CNCC3C2(C)C)n1. The number of nitrogens with one attached hydrogen (secondary N) is 1. The van der Waals surface area contributed by atoms with Crippen LogP contribution in [-0.4, -0.2) is 40.2 Å². The summed E-state index contributed by atoms with van der Waals surface area (Å²) >= 11 is 0. The first-order valence-electron chi connectivity index (χ1n) is 7.57. The van der Waals surface area contributed by atoms with Crippen molar-refractivity contribution in [2.45, 2.75) is 52.1 Å². The van der Waals surface area contributed by atoms with Gasteiger partial charge in [-0.15, -0.1) is 0 Å². The summed E-state index contributed by atoms with van der Waals surface area (Å²) in [7, 11) is 0. The van der Waals surface area contributed by atoms with Gasteiger partial charge in [0.25, 0.3) is 0 Å². The van der Waals surface area contributed by atoms with Gasteiger partial charge in [-0.1, -0.05) is 25.9 Å². The molecule has 2 saturated heterocycles. The van der Waals surface area contributed by atoms with E-state index in [1.54, 1.807) is 0 Å². The Morgan fingerprint density at radius 2 is 2.10 bits per heavy atom. The van der Waals surface area contributed by atoms with Gasteiger partial charge in [-0.25, -0.2) is 0 Å². The van der Waals surface area contributed by atoms with Crippen LogP contribution in [0.25, 0.3) is 0 Å². The average Bonchev–Trinajstić information content (AvgIpc) is 2.98. The molecule has 5 heteroatoms. The van der Waals surface area contributed by atoms with Crippen molar-refractivity contribution >= 4 is 0 Å². The highest BCUT2D eigenvalue weighted by molar-refractivity contribution is 5.06. The van der Waals surface area contributed by atoms with Crippen LogP contribution >= 0.6 is 0 Å². The molecule has 1 aromatic heterocycles. The van der Waals surface area contributed by atoms with Gasteiger partial charge < -0.3 is 9.84 Å². The number of likely N-dealkylation sites (tertiary alicyclic amines) is 1. The van der Waals surface area contributed by atoms with E-state index in [-0.39, 0.29) is 11.0 Å². The third kappa shape index (κ3) is 2.27. The Labute approximate surface area is 121 Å². The minimum Gasteiger partial charge on any atom is -0.338 e. The molecule has 0 spiro atoms.